The van der Waals surface area contributed by atoms with E-state index in [0.717, 1.165) is 12.8 Å². The standard InChI is InChI=1S/C18H25ClN2O6S/c1-12-10-21(11-13(2)26-12)28(23,24)16-9-14(6-7-15(16)19)18(22)20-27-17-5-3-4-8-25-17/h6-7,9,12-13,17H,3-5,8,10-11H2,1-2H3,(H,20,22). The summed E-state index contributed by atoms with van der Waals surface area (Å²) in [4.78, 5) is 17.5. The van der Waals surface area contributed by atoms with Crippen molar-refractivity contribution in [3.05, 3.63) is 28.8 Å². The molecule has 2 heterocycles. The van der Waals surface area contributed by atoms with Crippen LogP contribution in [0.15, 0.2) is 23.1 Å². The van der Waals surface area contributed by atoms with E-state index in [-0.39, 0.29) is 40.8 Å². The molecule has 2 saturated heterocycles. The molecule has 2 aliphatic heterocycles. The van der Waals surface area contributed by atoms with Crippen LogP contribution in [-0.2, 0) is 24.3 Å². The molecule has 0 spiro atoms. The van der Waals surface area contributed by atoms with E-state index in [9.17, 15) is 13.2 Å². The molecule has 1 N–H and O–H groups in total. The summed E-state index contributed by atoms with van der Waals surface area (Å²) >= 11 is 6.16. The van der Waals surface area contributed by atoms with Crippen molar-refractivity contribution in [1.82, 2.24) is 9.79 Å². The van der Waals surface area contributed by atoms with Crippen molar-refractivity contribution in [3.8, 4) is 0 Å². The molecule has 0 aliphatic carbocycles. The Morgan fingerprint density at radius 2 is 1.96 bits per heavy atom. The summed E-state index contributed by atoms with van der Waals surface area (Å²) in [5.41, 5.74) is 2.46. The van der Waals surface area contributed by atoms with Gasteiger partial charge in [-0.15, -0.1) is 0 Å². The van der Waals surface area contributed by atoms with Crippen LogP contribution in [0.2, 0.25) is 5.02 Å². The predicted molar refractivity (Wildman–Crippen MR) is 102 cm³/mol. The Bertz CT molecular complexity index is 802. The minimum Gasteiger partial charge on any atom is -0.373 e. The summed E-state index contributed by atoms with van der Waals surface area (Å²) in [7, 11) is -3.87. The number of rotatable bonds is 5. The lowest BCUT2D eigenvalue weighted by Gasteiger charge is -2.34. The van der Waals surface area contributed by atoms with E-state index < -0.39 is 22.2 Å². The summed E-state index contributed by atoms with van der Waals surface area (Å²) in [6.45, 7) is 4.66. The lowest BCUT2D eigenvalue weighted by atomic mass is 10.2. The first kappa shape index (κ1) is 21.5. The normalized spacial score (nSPS) is 26.8. The van der Waals surface area contributed by atoms with Crippen LogP contribution in [-0.4, -0.2) is 56.8 Å². The Balaban J connectivity index is 1.75. The maximum Gasteiger partial charge on any atom is 0.274 e. The number of morpholine rings is 1. The van der Waals surface area contributed by atoms with Gasteiger partial charge < -0.3 is 9.47 Å². The van der Waals surface area contributed by atoms with Crippen LogP contribution in [0.1, 0.15) is 43.5 Å². The minimum atomic E-state index is -3.87. The van der Waals surface area contributed by atoms with Crippen molar-refractivity contribution in [2.24, 2.45) is 0 Å². The number of sulfonamides is 1. The minimum absolute atomic E-state index is 0.0554. The Hall–Kier alpha value is -1.23. The summed E-state index contributed by atoms with van der Waals surface area (Å²) < 4.78 is 38.5. The van der Waals surface area contributed by atoms with Crippen LogP contribution >= 0.6 is 11.6 Å². The lowest BCUT2D eigenvalue weighted by Crippen LogP contribution is -2.48. The second-order valence-electron chi connectivity index (χ2n) is 7.07. The van der Waals surface area contributed by atoms with Crippen molar-refractivity contribution in [2.45, 2.75) is 56.5 Å². The zero-order valence-electron chi connectivity index (χ0n) is 15.9. The molecule has 10 heteroatoms. The summed E-state index contributed by atoms with van der Waals surface area (Å²) in [6, 6.07) is 4.11. The van der Waals surface area contributed by atoms with Gasteiger partial charge >= 0.3 is 0 Å². The number of ether oxygens (including phenoxy) is 2. The fourth-order valence-electron chi connectivity index (χ4n) is 3.29. The molecule has 3 rings (SSSR count). The van der Waals surface area contributed by atoms with Crippen LogP contribution < -0.4 is 5.48 Å². The highest BCUT2D eigenvalue weighted by atomic mass is 35.5. The SMILES string of the molecule is CC1CN(S(=O)(=O)c2cc(C(=O)NOC3CCCCO3)ccc2Cl)CC(C)O1. The Labute approximate surface area is 170 Å². The number of amides is 1. The van der Waals surface area contributed by atoms with Gasteiger partial charge in [0.15, 0.2) is 6.29 Å². The average Bonchev–Trinajstić information content (AvgIpc) is 2.66. The third-order valence-electron chi connectivity index (χ3n) is 4.62. The van der Waals surface area contributed by atoms with Crippen LogP contribution in [0.3, 0.4) is 0 Å². The number of halogens is 1. The molecule has 3 atom stereocenters. The third kappa shape index (κ3) is 5.03. The summed E-state index contributed by atoms with van der Waals surface area (Å²) in [5, 5.41) is 0.0554. The van der Waals surface area contributed by atoms with Gasteiger partial charge in [-0.1, -0.05) is 11.6 Å². The van der Waals surface area contributed by atoms with Crippen molar-refractivity contribution < 1.29 is 27.5 Å². The first-order valence-electron chi connectivity index (χ1n) is 9.30. The van der Waals surface area contributed by atoms with Gasteiger partial charge in [0.05, 0.1) is 17.2 Å². The number of benzene rings is 1. The molecule has 3 unspecified atom stereocenters. The largest absolute Gasteiger partial charge is 0.373 e. The number of nitrogens with zero attached hydrogens (tertiary/aromatic N) is 1. The molecule has 156 valence electrons. The van der Waals surface area contributed by atoms with Gasteiger partial charge in [0.25, 0.3) is 5.91 Å². The second-order valence-corrected chi connectivity index (χ2v) is 9.38. The molecule has 0 saturated carbocycles. The molecule has 2 aliphatic rings. The number of hydroxylamine groups is 1. The number of carbonyl (C=O) groups excluding carboxylic acids is 1. The number of nitrogens with one attached hydrogen (secondary N) is 1. The molecule has 0 radical (unpaired) electrons. The fourth-order valence-corrected chi connectivity index (χ4v) is 5.38. The van der Waals surface area contributed by atoms with Crippen molar-refractivity contribution in [3.63, 3.8) is 0 Å². The van der Waals surface area contributed by atoms with Gasteiger partial charge in [0.2, 0.25) is 10.0 Å². The highest BCUT2D eigenvalue weighted by Crippen LogP contribution is 2.28. The molecular formula is C18H25ClN2O6S. The van der Waals surface area contributed by atoms with E-state index in [4.69, 9.17) is 25.9 Å². The van der Waals surface area contributed by atoms with Gasteiger partial charge in [-0.3, -0.25) is 4.79 Å². The molecule has 8 nitrogen and oxygen atoms in total. The molecule has 0 bridgehead atoms. The molecule has 28 heavy (non-hydrogen) atoms. The van der Waals surface area contributed by atoms with Crippen molar-refractivity contribution >= 4 is 27.5 Å². The molecule has 2 fully saturated rings. The summed E-state index contributed by atoms with van der Waals surface area (Å²) in [5.74, 6) is -0.564. The zero-order valence-corrected chi connectivity index (χ0v) is 17.5. The Morgan fingerprint density at radius 1 is 1.25 bits per heavy atom. The van der Waals surface area contributed by atoms with Crippen LogP contribution in [0.4, 0.5) is 0 Å². The van der Waals surface area contributed by atoms with Gasteiger partial charge in [-0.25, -0.2) is 18.7 Å². The van der Waals surface area contributed by atoms with E-state index in [1.54, 1.807) is 0 Å². The van der Waals surface area contributed by atoms with Gasteiger partial charge in [0.1, 0.15) is 4.90 Å². The van der Waals surface area contributed by atoms with Crippen LogP contribution in [0, 0.1) is 0 Å². The monoisotopic (exact) mass is 432 g/mol. The van der Waals surface area contributed by atoms with E-state index in [2.05, 4.69) is 5.48 Å². The molecule has 1 amide bonds. The first-order valence-corrected chi connectivity index (χ1v) is 11.1. The second kappa shape index (κ2) is 9.06. The van der Waals surface area contributed by atoms with Gasteiger partial charge in [-0.2, -0.15) is 4.31 Å². The van der Waals surface area contributed by atoms with Crippen molar-refractivity contribution in [1.29, 1.82) is 0 Å². The van der Waals surface area contributed by atoms with Gasteiger partial charge in [0, 0.05) is 31.7 Å². The smallest absolute Gasteiger partial charge is 0.274 e. The molecular weight excluding hydrogens is 408 g/mol. The van der Waals surface area contributed by atoms with Crippen LogP contribution in [0.25, 0.3) is 0 Å². The van der Waals surface area contributed by atoms with Gasteiger partial charge in [-0.05, 0) is 44.9 Å². The van der Waals surface area contributed by atoms with Crippen LogP contribution in [0.5, 0.6) is 0 Å². The maximum absolute atomic E-state index is 13.1. The Kier molecular flexibility index (Phi) is 6.95. The average molecular weight is 433 g/mol. The molecule has 1 aromatic rings. The molecule has 1 aromatic carbocycles. The third-order valence-corrected chi connectivity index (χ3v) is 6.93. The maximum atomic E-state index is 13.1. The predicted octanol–water partition coefficient (Wildman–Crippen LogP) is 2.33. The highest BCUT2D eigenvalue weighted by molar-refractivity contribution is 7.89. The number of hydrogen-bond donors (Lipinski definition) is 1. The van der Waals surface area contributed by atoms with E-state index in [1.807, 2.05) is 13.8 Å². The quantitative estimate of drug-likeness (QED) is 0.717. The van der Waals surface area contributed by atoms with E-state index >= 15 is 0 Å². The zero-order chi connectivity index (χ0) is 20.3. The number of hydrogen-bond acceptors (Lipinski definition) is 6. The van der Waals surface area contributed by atoms with E-state index in [1.165, 1.54) is 22.5 Å². The lowest BCUT2D eigenvalue weighted by molar-refractivity contribution is -0.186. The fraction of sp³-hybridized carbons (Fsp3) is 0.611. The number of carbonyl (C=O) groups is 1. The Morgan fingerprint density at radius 3 is 2.61 bits per heavy atom. The van der Waals surface area contributed by atoms with E-state index in [0.29, 0.717) is 13.0 Å². The topological polar surface area (TPSA) is 94.2 Å². The molecule has 0 aromatic heterocycles. The van der Waals surface area contributed by atoms with Crippen molar-refractivity contribution in [2.75, 3.05) is 19.7 Å². The first-order chi connectivity index (χ1) is 13.3. The highest BCUT2D eigenvalue weighted by Gasteiger charge is 2.34. The summed E-state index contributed by atoms with van der Waals surface area (Å²) in [6.07, 6.45) is 1.66.